The summed E-state index contributed by atoms with van der Waals surface area (Å²) in [7, 11) is -4.01. The van der Waals surface area contributed by atoms with Gasteiger partial charge in [-0.2, -0.15) is 10.4 Å². The number of carbonyl (C=O) groups excluding carboxylic acids is 1. The molecule has 11 heteroatoms. The van der Waals surface area contributed by atoms with Crippen LogP contribution < -0.4 is 20.8 Å². The minimum Gasteiger partial charge on any atom is -0.374 e. The van der Waals surface area contributed by atoms with Crippen molar-refractivity contribution in [3.63, 3.8) is 0 Å². The lowest BCUT2D eigenvalue weighted by Crippen LogP contribution is -2.35. The highest BCUT2D eigenvalue weighted by atomic mass is 32.2. The van der Waals surface area contributed by atoms with Gasteiger partial charge in [0.1, 0.15) is 0 Å². The fourth-order valence-corrected chi connectivity index (χ4v) is 5.06. The molecule has 188 valence electrons. The highest BCUT2D eigenvalue weighted by Crippen LogP contribution is 2.34. The van der Waals surface area contributed by atoms with Crippen LogP contribution in [-0.4, -0.2) is 25.1 Å². The molecule has 0 aromatic heterocycles. The van der Waals surface area contributed by atoms with Gasteiger partial charge in [-0.1, -0.05) is 48.5 Å². The fraction of sp³-hybridized carbons (Fsp3) is 0.0370. The predicted octanol–water partition coefficient (Wildman–Crippen LogP) is 3.36. The van der Waals surface area contributed by atoms with Gasteiger partial charge in [-0.15, -0.1) is 0 Å². The number of amides is 1. The number of primary sulfonamides is 1. The van der Waals surface area contributed by atoms with Crippen molar-refractivity contribution in [3.8, 4) is 6.07 Å². The zero-order valence-electron chi connectivity index (χ0n) is 19.8. The van der Waals surface area contributed by atoms with Crippen LogP contribution in [0.2, 0.25) is 0 Å². The third kappa shape index (κ3) is 4.59. The van der Waals surface area contributed by atoms with Gasteiger partial charge in [-0.05, 0) is 65.0 Å². The van der Waals surface area contributed by atoms with E-state index in [-0.39, 0.29) is 28.0 Å². The Hall–Kier alpha value is -4.63. The zero-order chi connectivity index (χ0) is 27.0. The van der Waals surface area contributed by atoms with E-state index in [1.54, 1.807) is 23.1 Å². The summed E-state index contributed by atoms with van der Waals surface area (Å²) in [6.07, 6.45) is 0. The maximum Gasteiger partial charge on any atom is 0.279 e. The quantitative estimate of drug-likeness (QED) is 0.291. The molecule has 0 unspecified atom stereocenters. The summed E-state index contributed by atoms with van der Waals surface area (Å²) < 4.78 is 23.8. The van der Waals surface area contributed by atoms with Crippen molar-refractivity contribution in [2.45, 2.75) is 11.4 Å². The average Bonchev–Trinajstić information content (AvgIpc) is 3.16. The molecule has 0 saturated heterocycles. The van der Waals surface area contributed by atoms with Crippen molar-refractivity contribution >= 4 is 61.1 Å². The number of carbonyl (C=O) groups is 1. The van der Waals surface area contributed by atoms with Gasteiger partial charge in [0, 0.05) is 5.56 Å². The van der Waals surface area contributed by atoms with Crippen molar-refractivity contribution in [2.75, 3.05) is 9.91 Å². The second-order valence-electron chi connectivity index (χ2n) is 8.51. The smallest absolute Gasteiger partial charge is 0.279 e. The lowest BCUT2D eigenvalue weighted by Gasteiger charge is -2.19. The molecule has 0 bridgehead atoms. The highest BCUT2D eigenvalue weighted by Gasteiger charge is 2.35. The van der Waals surface area contributed by atoms with Crippen LogP contribution in [0.4, 0.5) is 11.4 Å². The predicted molar refractivity (Wildman–Crippen MR) is 150 cm³/mol. The van der Waals surface area contributed by atoms with E-state index in [0.717, 1.165) is 21.3 Å². The largest absolute Gasteiger partial charge is 0.374 e. The van der Waals surface area contributed by atoms with Crippen LogP contribution in [0.5, 0.6) is 0 Å². The number of nitrogens with zero attached hydrogens (tertiary/aromatic N) is 4. The molecular weight excluding hydrogens is 520 g/mol. The second-order valence-corrected chi connectivity index (χ2v) is 10.5. The maximum atomic E-state index is 13.8. The lowest BCUT2D eigenvalue weighted by atomic mass is 10.0. The van der Waals surface area contributed by atoms with E-state index in [0.29, 0.717) is 16.8 Å². The Morgan fingerprint density at radius 1 is 1.03 bits per heavy atom. The molecule has 1 heterocycles. The van der Waals surface area contributed by atoms with Gasteiger partial charge in [0.05, 0.1) is 34.4 Å². The van der Waals surface area contributed by atoms with Crippen molar-refractivity contribution in [1.29, 1.82) is 5.26 Å². The topological polar surface area (TPSA) is 146 Å². The summed E-state index contributed by atoms with van der Waals surface area (Å²) in [4.78, 5) is 15.2. The lowest BCUT2D eigenvalue weighted by molar-refractivity contribution is -0.112. The molecule has 0 atom stereocenters. The molecule has 9 nitrogen and oxygen atoms in total. The number of anilines is 2. The number of rotatable bonds is 5. The number of fused-ring (bicyclic) bond motifs is 2. The molecule has 38 heavy (non-hydrogen) atoms. The first-order chi connectivity index (χ1) is 18.2. The van der Waals surface area contributed by atoms with E-state index in [2.05, 4.69) is 11.2 Å². The van der Waals surface area contributed by atoms with Crippen LogP contribution in [-0.2, 0) is 21.4 Å². The van der Waals surface area contributed by atoms with Crippen molar-refractivity contribution < 1.29 is 13.2 Å². The van der Waals surface area contributed by atoms with Gasteiger partial charge in [0.25, 0.3) is 5.91 Å². The fourth-order valence-electron chi connectivity index (χ4n) is 4.36. The van der Waals surface area contributed by atoms with E-state index in [1.807, 2.05) is 42.5 Å². The number of thiocarbonyl (C=S) groups is 1. The maximum absolute atomic E-state index is 13.8. The molecule has 4 aromatic carbocycles. The number of sulfonamides is 1. The first-order valence-electron chi connectivity index (χ1n) is 11.3. The molecule has 4 N–H and O–H groups in total. The van der Waals surface area contributed by atoms with Gasteiger partial charge in [-0.25, -0.2) is 18.6 Å². The SMILES string of the molecule is N#Cc1ccc2c(c1)/C(=N/N(C(N)=S)c1cccc(S(N)(=O)=O)c1)C(=O)N2Cc1cccc2ccccc12. The Morgan fingerprint density at radius 3 is 2.50 bits per heavy atom. The summed E-state index contributed by atoms with van der Waals surface area (Å²) in [6, 6.07) is 26.3. The van der Waals surface area contributed by atoms with E-state index >= 15 is 0 Å². The summed E-state index contributed by atoms with van der Waals surface area (Å²) in [5.74, 6) is -0.424. The molecule has 0 fully saturated rings. The van der Waals surface area contributed by atoms with Crippen molar-refractivity contribution in [2.24, 2.45) is 16.0 Å². The van der Waals surface area contributed by atoms with Gasteiger partial charge in [0.2, 0.25) is 10.0 Å². The third-order valence-electron chi connectivity index (χ3n) is 6.13. The van der Waals surface area contributed by atoms with Crippen LogP contribution in [0.1, 0.15) is 16.7 Å². The highest BCUT2D eigenvalue weighted by molar-refractivity contribution is 7.89. The zero-order valence-corrected chi connectivity index (χ0v) is 21.4. The van der Waals surface area contributed by atoms with Crippen LogP contribution in [0.15, 0.2) is 94.9 Å². The Bertz CT molecular complexity index is 1810. The number of hydrazone groups is 1. The second kappa shape index (κ2) is 9.68. The number of hydrogen-bond acceptors (Lipinski definition) is 6. The Kier molecular flexibility index (Phi) is 6.38. The molecule has 1 amide bonds. The van der Waals surface area contributed by atoms with Crippen molar-refractivity contribution in [1.82, 2.24) is 0 Å². The number of benzene rings is 4. The number of hydrogen-bond donors (Lipinski definition) is 2. The minimum absolute atomic E-state index is 0.00569. The van der Waals surface area contributed by atoms with Crippen LogP contribution in [0.25, 0.3) is 10.8 Å². The Labute approximate surface area is 224 Å². The number of nitriles is 1. The Morgan fingerprint density at radius 2 is 1.76 bits per heavy atom. The van der Waals surface area contributed by atoms with E-state index in [4.69, 9.17) is 23.1 Å². The van der Waals surface area contributed by atoms with E-state index in [9.17, 15) is 18.5 Å². The average molecular weight is 541 g/mol. The normalized spacial score (nSPS) is 13.9. The van der Waals surface area contributed by atoms with E-state index < -0.39 is 15.9 Å². The summed E-state index contributed by atoms with van der Waals surface area (Å²) >= 11 is 5.18. The summed E-state index contributed by atoms with van der Waals surface area (Å²) in [5.41, 5.74) is 8.42. The molecule has 0 spiro atoms. The number of nitrogens with two attached hydrogens (primary N) is 2. The summed E-state index contributed by atoms with van der Waals surface area (Å²) in [6.45, 7) is 0.256. The van der Waals surface area contributed by atoms with Gasteiger partial charge in [-0.3, -0.25) is 4.79 Å². The molecule has 1 aliphatic rings. The van der Waals surface area contributed by atoms with Crippen LogP contribution in [0.3, 0.4) is 0 Å². The first-order valence-corrected chi connectivity index (χ1v) is 13.3. The molecule has 5 rings (SSSR count). The van der Waals surface area contributed by atoms with E-state index in [1.165, 1.54) is 24.3 Å². The van der Waals surface area contributed by atoms with Crippen LogP contribution >= 0.6 is 12.2 Å². The monoisotopic (exact) mass is 540 g/mol. The van der Waals surface area contributed by atoms with Crippen LogP contribution in [0, 0.1) is 11.3 Å². The first kappa shape index (κ1) is 25.0. The third-order valence-corrected chi connectivity index (χ3v) is 7.21. The minimum atomic E-state index is -4.01. The molecule has 0 aliphatic carbocycles. The molecule has 0 radical (unpaired) electrons. The summed E-state index contributed by atoms with van der Waals surface area (Å²) in [5, 5.41) is 22.2. The Balaban J connectivity index is 1.63. The van der Waals surface area contributed by atoms with Gasteiger partial charge in [0.15, 0.2) is 10.8 Å². The van der Waals surface area contributed by atoms with Gasteiger partial charge >= 0.3 is 0 Å². The molecule has 1 aliphatic heterocycles. The van der Waals surface area contributed by atoms with Gasteiger partial charge < -0.3 is 10.6 Å². The molecule has 4 aromatic rings. The van der Waals surface area contributed by atoms with Crippen molar-refractivity contribution in [3.05, 3.63) is 102 Å². The molecule has 0 saturated carbocycles. The standard InChI is InChI=1S/C27H20N6O3S2/c28-15-17-11-12-24-23(13-17)25(31-33(27(29)37)20-8-4-9-21(14-20)38(30,35)36)26(34)32(24)16-19-7-3-6-18-5-1-2-10-22(18)19/h1-14H,16H2,(H2,29,37)(H2,30,35,36)/b31-25-. The molecular formula is C27H20N6O3S2.